The molecule has 0 spiro atoms. The number of aliphatic hydroxyl groups is 5. The van der Waals surface area contributed by atoms with Crippen molar-refractivity contribution in [3.8, 4) is 0 Å². The first-order valence-electron chi connectivity index (χ1n) is 25.0. The van der Waals surface area contributed by atoms with E-state index in [0.717, 1.165) is 44.9 Å². The first-order chi connectivity index (χ1) is 29.9. The molecule has 0 heterocycles. The summed E-state index contributed by atoms with van der Waals surface area (Å²) < 4.78 is 33.6. The molecule has 0 saturated heterocycles. The van der Waals surface area contributed by atoms with Gasteiger partial charge in [-0.15, -0.1) is 0 Å². The largest absolute Gasteiger partial charge is 0.472 e. The zero-order chi connectivity index (χ0) is 45.7. The molecule has 0 bridgehead atoms. The van der Waals surface area contributed by atoms with Crippen molar-refractivity contribution < 1.29 is 63.1 Å². The smallest absolute Gasteiger partial charge is 0.462 e. The Hall–Kier alpha value is -1.41. The first-order valence-corrected chi connectivity index (χ1v) is 26.5. The van der Waals surface area contributed by atoms with Crippen molar-refractivity contribution in [1.29, 1.82) is 0 Å². The number of ether oxygens (including phenoxy) is 2. The minimum atomic E-state index is -5.11. The lowest BCUT2D eigenvalue weighted by molar-refractivity contribution is -0.220. The van der Waals surface area contributed by atoms with E-state index in [1.807, 2.05) is 0 Å². The Labute approximate surface area is 375 Å². The van der Waals surface area contributed by atoms with Gasteiger partial charge in [-0.05, 0) is 38.5 Å². The number of rotatable bonds is 42. The van der Waals surface area contributed by atoms with Gasteiger partial charge in [0.2, 0.25) is 0 Å². The second kappa shape index (κ2) is 38.8. The van der Waals surface area contributed by atoms with Crippen molar-refractivity contribution in [2.45, 2.75) is 268 Å². The fourth-order valence-corrected chi connectivity index (χ4v) is 8.79. The fraction of sp³-hybridized carbons (Fsp3) is 0.917. The maximum absolute atomic E-state index is 12.8. The lowest BCUT2D eigenvalue weighted by Crippen LogP contribution is -2.64. The molecule has 8 atom stereocenters. The topological polar surface area (TPSA) is 210 Å². The number of aliphatic hydroxyl groups excluding tert-OH is 5. The van der Waals surface area contributed by atoms with Crippen LogP contribution >= 0.6 is 7.82 Å². The van der Waals surface area contributed by atoms with E-state index in [9.17, 15) is 44.6 Å². The molecular weight excluding hydrogens is 815 g/mol. The van der Waals surface area contributed by atoms with Gasteiger partial charge in [-0.25, -0.2) is 4.57 Å². The van der Waals surface area contributed by atoms with Crippen LogP contribution < -0.4 is 0 Å². The van der Waals surface area contributed by atoms with E-state index in [0.29, 0.717) is 12.8 Å². The highest BCUT2D eigenvalue weighted by molar-refractivity contribution is 7.47. The monoisotopic (exact) mass is 907 g/mol. The summed E-state index contributed by atoms with van der Waals surface area (Å²) in [6.07, 6.45) is 28.4. The second-order valence-corrected chi connectivity index (χ2v) is 19.1. The number of hydrogen-bond acceptors (Lipinski definition) is 12. The number of allylic oxidation sites excluding steroid dienone is 2. The van der Waals surface area contributed by atoms with Crippen molar-refractivity contribution in [3.05, 3.63) is 12.2 Å². The molecule has 62 heavy (non-hydrogen) atoms. The molecule has 0 amide bonds. The van der Waals surface area contributed by atoms with Crippen molar-refractivity contribution in [3.63, 3.8) is 0 Å². The quantitative estimate of drug-likeness (QED) is 0.0146. The van der Waals surface area contributed by atoms with Gasteiger partial charge in [-0.1, -0.05) is 187 Å². The Kier molecular flexibility index (Phi) is 36.7. The molecule has 1 saturated carbocycles. The van der Waals surface area contributed by atoms with E-state index in [1.165, 1.54) is 141 Å². The molecular formula is C48H91O13P. The number of carbonyl (C=O) groups excluding carboxylic acids is 2. The summed E-state index contributed by atoms with van der Waals surface area (Å²) in [7, 11) is -5.11. The minimum absolute atomic E-state index is 0.101. The predicted molar refractivity (Wildman–Crippen MR) is 244 cm³/mol. The Morgan fingerprint density at radius 2 is 0.823 bits per heavy atom. The predicted octanol–water partition coefficient (Wildman–Crippen LogP) is 10.2. The summed E-state index contributed by atoms with van der Waals surface area (Å²) in [5, 5.41) is 50.2. The number of hydrogen-bond donors (Lipinski definition) is 6. The van der Waals surface area contributed by atoms with Crippen molar-refractivity contribution in [2.24, 2.45) is 0 Å². The van der Waals surface area contributed by atoms with Crippen molar-refractivity contribution >= 4 is 19.8 Å². The van der Waals surface area contributed by atoms with E-state index in [-0.39, 0.29) is 12.8 Å². The van der Waals surface area contributed by atoms with E-state index < -0.39 is 75.7 Å². The molecule has 1 aliphatic rings. The molecule has 366 valence electrons. The minimum Gasteiger partial charge on any atom is -0.462 e. The number of phosphoric acid groups is 1. The summed E-state index contributed by atoms with van der Waals surface area (Å²) in [4.78, 5) is 35.7. The van der Waals surface area contributed by atoms with Crippen LogP contribution in [0.1, 0.15) is 226 Å². The lowest BCUT2D eigenvalue weighted by atomic mass is 9.85. The summed E-state index contributed by atoms with van der Waals surface area (Å²) in [6, 6.07) is 0. The lowest BCUT2D eigenvalue weighted by Gasteiger charge is -2.41. The van der Waals surface area contributed by atoms with Crippen LogP contribution in [0.25, 0.3) is 0 Å². The standard InChI is InChI=1S/C48H91O13P/c1-3-5-7-9-11-13-15-17-18-19-20-21-22-23-24-25-27-29-31-33-35-37-42(50)60-40(38-58-41(49)36-34-32-30-28-26-16-14-12-10-8-6-4-2)39-59-62(56,57)61-48-46(54)44(52)43(51)45(53)47(48)55/h17-18,40,43-48,51-55H,3-16,19-39H2,1-2H3,(H,56,57)/b18-17+/t40-,43?,44+,45?,46?,47?,48?/m1/s1. The highest BCUT2D eigenvalue weighted by atomic mass is 31.2. The Morgan fingerprint density at radius 3 is 1.23 bits per heavy atom. The normalized spacial score (nSPS) is 21.9. The zero-order valence-corrected chi connectivity index (χ0v) is 39.8. The fourth-order valence-electron chi connectivity index (χ4n) is 7.81. The third-order valence-corrected chi connectivity index (χ3v) is 12.8. The molecule has 0 aromatic heterocycles. The van der Waals surface area contributed by atoms with E-state index in [4.69, 9.17) is 18.5 Å². The van der Waals surface area contributed by atoms with Crippen LogP contribution in [0.4, 0.5) is 0 Å². The van der Waals surface area contributed by atoms with Gasteiger partial charge >= 0.3 is 19.8 Å². The van der Waals surface area contributed by atoms with Crippen LogP contribution in [0, 0.1) is 0 Å². The van der Waals surface area contributed by atoms with Crippen molar-refractivity contribution in [1.82, 2.24) is 0 Å². The maximum atomic E-state index is 12.8. The molecule has 1 fully saturated rings. The van der Waals surface area contributed by atoms with Gasteiger partial charge < -0.3 is 39.9 Å². The Balaban J connectivity index is 2.38. The van der Waals surface area contributed by atoms with Gasteiger partial charge in [0.15, 0.2) is 6.10 Å². The Morgan fingerprint density at radius 1 is 0.484 bits per heavy atom. The SMILES string of the molecule is CCCCCCCC/C=C/CCCCCCCCCCCCCC(=O)O[C@H](COC(=O)CCCCCCCCCCCCCC)COP(=O)(O)OC1C(O)C(O)C(O)[C@H](O)C1O. The number of phosphoric ester groups is 1. The van der Waals surface area contributed by atoms with Gasteiger partial charge in [-0.2, -0.15) is 0 Å². The van der Waals surface area contributed by atoms with Crippen LogP contribution in [-0.4, -0.2) is 98.3 Å². The molecule has 0 aromatic carbocycles. The van der Waals surface area contributed by atoms with Crippen LogP contribution in [0.5, 0.6) is 0 Å². The zero-order valence-electron chi connectivity index (χ0n) is 38.9. The summed E-state index contributed by atoms with van der Waals surface area (Å²) in [6.45, 7) is 3.31. The molecule has 0 aromatic rings. The van der Waals surface area contributed by atoms with E-state index >= 15 is 0 Å². The third-order valence-electron chi connectivity index (χ3n) is 11.9. The summed E-state index contributed by atoms with van der Waals surface area (Å²) in [5.41, 5.74) is 0. The first kappa shape index (κ1) is 58.6. The van der Waals surface area contributed by atoms with Gasteiger partial charge in [0, 0.05) is 12.8 Å². The maximum Gasteiger partial charge on any atom is 0.472 e. The molecule has 1 aliphatic carbocycles. The highest BCUT2D eigenvalue weighted by Crippen LogP contribution is 2.47. The van der Waals surface area contributed by atoms with Gasteiger partial charge in [0.05, 0.1) is 6.61 Å². The van der Waals surface area contributed by atoms with Crippen LogP contribution in [-0.2, 0) is 32.7 Å². The molecule has 1 rings (SSSR count). The van der Waals surface area contributed by atoms with Gasteiger partial charge in [-0.3, -0.25) is 18.6 Å². The summed E-state index contributed by atoms with van der Waals surface area (Å²) >= 11 is 0. The molecule has 6 unspecified atom stereocenters. The van der Waals surface area contributed by atoms with Gasteiger partial charge in [0.25, 0.3) is 0 Å². The van der Waals surface area contributed by atoms with Crippen LogP contribution in [0.15, 0.2) is 12.2 Å². The molecule has 14 heteroatoms. The van der Waals surface area contributed by atoms with Crippen LogP contribution in [0.2, 0.25) is 0 Å². The molecule has 6 N–H and O–H groups in total. The molecule has 0 radical (unpaired) electrons. The number of carbonyl (C=O) groups is 2. The second-order valence-electron chi connectivity index (χ2n) is 17.7. The summed E-state index contributed by atoms with van der Waals surface area (Å²) in [5.74, 6) is -1.09. The molecule has 13 nitrogen and oxygen atoms in total. The van der Waals surface area contributed by atoms with E-state index in [1.54, 1.807) is 0 Å². The Bertz CT molecular complexity index is 1140. The molecule has 0 aliphatic heterocycles. The average molecular weight is 907 g/mol. The number of esters is 2. The van der Waals surface area contributed by atoms with Gasteiger partial charge in [0.1, 0.15) is 43.2 Å². The van der Waals surface area contributed by atoms with Crippen molar-refractivity contribution in [2.75, 3.05) is 13.2 Å². The number of unbranched alkanes of at least 4 members (excludes halogenated alkanes) is 28. The van der Waals surface area contributed by atoms with E-state index in [2.05, 4.69) is 26.0 Å². The highest BCUT2D eigenvalue weighted by Gasteiger charge is 2.51. The average Bonchev–Trinajstić information content (AvgIpc) is 3.25. The van der Waals surface area contributed by atoms with Crippen LogP contribution in [0.3, 0.4) is 0 Å². The third kappa shape index (κ3) is 30.7.